The average molecular weight is 298 g/mol. The number of hydrogen-bond donors (Lipinski definition) is 4. The number of hydrogen-bond acceptors (Lipinski definition) is 8. The minimum atomic E-state index is -1.03. The first-order valence-electron chi connectivity index (χ1n) is 6.30. The number of carbonyl (C=O) groups is 1. The van der Waals surface area contributed by atoms with E-state index in [0.29, 0.717) is 25.8 Å². The molecule has 0 unspecified atom stereocenters. The van der Waals surface area contributed by atoms with Crippen LogP contribution in [0.1, 0.15) is 19.3 Å². The number of anilines is 2. The van der Waals surface area contributed by atoms with Gasteiger partial charge in [0.15, 0.2) is 5.82 Å². The summed E-state index contributed by atoms with van der Waals surface area (Å²) in [5.74, 6) is -1.05. The van der Waals surface area contributed by atoms with Gasteiger partial charge in [-0.3, -0.25) is 14.2 Å². The van der Waals surface area contributed by atoms with Gasteiger partial charge in [-0.25, -0.2) is 0 Å². The Labute approximate surface area is 120 Å². The van der Waals surface area contributed by atoms with E-state index in [4.69, 9.17) is 16.6 Å². The summed E-state index contributed by atoms with van der Waals surface area (Å²) in [7, 11) is 1.44. The zero-order valence-corrected chi connectivity index (χ0v) is 11.6. The summed E-state index contributed by atoms with van der Waals surface area (Å²) in [5.41, 5.74) is 9.78. The van der Waals surface area contributed by atoms with Crippen LogP contribution in [0, 0.1) is 4.91 Å². The zero-order chi connectivity index (χ0) is 16.0. The number of nitrogen functional groups attached to an aromatic ring is 1. The van der Waals surface area contributed by atoms with Gasteiger partial charge >= 0.3 is 5.97 Å². The number of rotatable bonds is 8. The fourth-order valence-electron chi connectivity index (χ4n) is 1.66. The predicted molar refractivity (Wildman–Crippen MR) is 77.3 cm³/mol. The van der Waals surface area contributed by atoms with Gasteiger partial charge in [-0.05, 0) is 24.4 Å². The highest BCUT2D eigenvalue weighted by Gasteiger charge is 2.13. The van der Waals surface area contributed by atoms with Gasteiger partial charge in [0.05, 0.1) is 0 Å². The van der Waals surface area contributed by atoms with Crippen molar-refractivity contribution in [1.29, 1.82) is 0 Å². The monoisotopic (exact) mass is 298 g/mol. The van der Waals surface area contributed by atoms with E-state index in [1.54, 1.807) is 0 Å². The minimum Gasteiger partial charge on any atom is -0.480 e. The molecular weight excluding hydrogens is 280 g/mol. The molecule has 0 saturated carbocycles. The first-order chi connectivity index (χ1) is 9.88. The Hall–Kier alpha value is -2.49. The standard InChI is InChI=1S/C11H18N6O4/c1-17-9(18)7(16-21)8(13)15-11(17)14-5-3-2-4-6(12)10(19)20/h6H,2-5,12-13H2,1H3,(H,14,15)(H,19,20)/t6-/m0/s1. The molecule has 0 radical (unpaired) electrons. The molecule has 0 saturated heterocycles. The third-order valence-electron chi connectivity index (χ3n) is 2.93. The number of nitrogens with two attached hydrogens (primary N) is 2. The lowest BCUT2D eigenvalue weighted by molar-refractivity contribution is -0.138. The summed E-state index contributed by atoms with van der Waals surface area (Å²) < 4.78 is 1.13. The lowest BCUT2D eigenvalue weighted by atomic mass is 10.1. The van der Waals surface area contributed by atoms with Gasteiger partial charge in [-0.2, -0.15) is 4.98 Å². The summed E-state index contributed by atoms with van der Waals surface area (Å²) in [6.07, 6.45) is 1.61. The number of nitrogens with zero attached hydrogens (tertiary/aromatic N) is 3. The molecule has 116 valence electrons. The Kier molecular flexibility index (Phi) is 5.79. The maximum Gasteiger partial charge on any atom is 0.320 e. The van der Waals surface area contributed by atoms with Gasteiger partial charge in [-0.1, -0.05) is 0 Å². The van der Waals surface area contributed by atoms with Crippen molar-refractivity contribution >= 4 is 23.4 Å². The second-order valence-electron chi connectivity index (χ2n) is 4.49. The average Bonchev–Trinajstić information content (AvgIpc) is 2.43. The Balaban J connectivity index is 2.55. The maximum absolute atomic E-state index is 11.7. The van der Waals surface area contributed by atoms with Crippen molar-refractivity contribution in [1.82, 2.24) is 9.55 Å². The molecule has 0 aromatic carbocycles. The van der Waals surface area contributed by atoms with E-state index in [-0.39, 0.29) is 11.8 Å². The molecule has 0 fully saturated rings. The molecule has 0 aliphatic heterocycles. The SMILES string of the molecule is Cn1c(NCCCC[C@H](N)C(=O)O)nc(N)c(N=O)c1=O. The summed E-state index contributed by atoms with van der Waals surface area (Å²) in [6.45, 7) is 0.458. The van der Waals surface area contributed by atoms with E-state index in [2.05, 4.69) is 15.5 Å². The van der Waals surface area contributed by atoms with Crippen molar-refractivity contribution in [2.75, 3.05) is 17.6 Å². The second-order valence-corrected chi connectivity index (χ2v) is 4.49. The van der Waals surface area contributed by atoms with Crippen LogP contribution in [0.4, 0.5) is 17.5 Å². The van der Waals surface area contributed by atoms with Crippen molar-refractivity contribution < 1.29 is 9.90 Å². The molecule has 10 nitrogen and oxygen atoms in total. The van der Waals surface area contributed by atoms with Crippen LogP contribution in [0.25, 0.3) is 0 Å². The molecule has 0 amide bonds. The molecule has 1 aromatic heterocycles. The van der Waals surface area contributed by atoms with Crippen LogP contribution in [0.15, 0.2) is 9.97 Å². The Morgan fingerprint density at radius 1 is 1.52 bits per heavy atom. The topological polar surface area (TPSA) is 166 Å². The normalized spacial score (nSPS) is 11.9. The van der Waals surface area contributed by atoms with E-state index < -0.39 is 23.3 Å². The number of aromatic nitrogens is 2. The number of carboxylic acids is 1. The summed E-state index contributed by atoms with van der Waals surface area (Å²) >= 11 is 0. The summed E-state index contributed by atoms with van der Waals surface area (Å²) in [6, 6.07) is -0.874. The molecule has 1 aromatic rings. The van der Waals surface area contributed by atoms with Gasteiger partial charge in [0.1, 0.15) is 6.04 Å². The van der Waals surface area contributed by atoms with Crippen molar-refractivity contribution in [2.24, 2.45) is 18.0 Å². The van der Waals surface area contributed by atoms with E-state index in [1.807, 2.05) is 0 Å². The fraction of sp³-hybridized carbons (Fsp3) is 0.545. The zero-order valence-electron chi connectivity index (χ0n) is 11.6. The van der Waals surface area contributed by atoms with Crippen molar-refractivity contribution in [2.45, 2.75) is 25.3 Å². The second kappa shape index (κ2) is 7.33. The minimum absolute atomic E-state index is 0.215. The quantitative estimate of drug-likeness (QED) is 0.376. The summed E-state index contributed by atoms with van der Waals surface area (Å²) in [5, 5.41) is 14.1. The summed E-state index contributed by atoms with van der Waals surface area (Å²) in [4.78, 5) is 36.6. The molecule has 21 heavy (non-hydrogen) atoms. The molecule has 1 heterocycles. The molecule has 1 rings (SSSR count). The van der Waals surface area contributed by atoms with Gasteiger partial charge in [0, 0.05) is 13.6 Å². The third kappa shape index (κ3) is 4.24. The Morgan fingerprint density at radius 2 is 2.19 bits per heavy atom. The molecular formula is C11H18N6O4. The largest absolute Gasteiger partial charge is 0.480 e. The van der Waals surface area contributed by atoms with E-state index in [0.717, 1.165) is 4.57 Å². The van der Waals surface area contributed by atoms with Gasteiger partial charge in [0.2, 0.25) is 11.6 Å². The van der Waals surface area contributed by atoms with Crippen molar-refractivity contribution in [3.63, 3.8) is 0 Å². The molecule has 0 spiro atoms. The lowest BCUT2D eigenvalue weighted by Gasteiger charge is -2.11. The first kappa shape index (κ1) is 16.6. The van der Waals surface area contributed by atoms with E-state index in [1.165, 1.54) is 7.05 Å². The third-order valence-corrected chi connectivity index (χ3v) is 2.93. The highest BCUT2D eigenvalue weighted by atomic mass is 16.4. The number of carboxylic acid groups (broad SMARTS) is 1. The fourth-order valence-corrected chi connectivity index (χ4v) is 1.66. The van der Waals surface area contributed by atoms with Gasteiger partial charge in [0.25, 0.3) is 5.56 Å². The highest BCUT2D eigenvalue weighted by Crippen LogP contribution is 2.15. The molecule has 6 N–H and O–H groups in total. The van der Waals surface area contributed by atoms with Crippen LogP contribution >= 0.6 is 0 Å². The van der Waals surface area contributed by atoms with Crippen LogP contribution in [0.5, 0.6) is 0 Å². The number of nitroso groups, excluding NO2 is 1. The maximum atomic E-state index is 11.7. The van der Waals surface area contributed by atoms with E-state index >= 15 is 0 Å². The van der Waals surface area contributed by atoms with Crippen molar-refractivity contribution in [3.8, 4) is 0 Å². The Bertz CT molecular complexity index is 585. The molecule has 10 heteroatoms. The van der Waals surface area contributed by atoms with Crippen molar-refractivity contribution in [3.05, 3.63) is 15.3 Å². The van der Waals surface area contributed by atoms with E-state index in [9.17, 15) is 14.5 Å². The first-order valence-corrected chi connectivity index (χ1v) is 6.30. The van der Waals surface area contributed by atoms with Gasteiger partial charge in [-0.15, -0.1) is 4.91 Å². The predicted octanol–water partition coefficient (Wildman–Crippen LogP) is -0.245. The lowest BCUT2D eigenvalue weighted by Crippen LogP contribution is -2.30. The molecule has 1 atom stereocenters. The molecule has 0 bridgehead atoms. The number of nitrogens with one attached hydrogen (secondary N) is 1. The Morgan fingerprint density at radius 3 is 2.76 bits per heavy atom. The number of aliphatic carboxylic acids is 1. The number of unbranched alkanes of at least 4 members (excludes halogenated alkanes) is 1. The smallest absolute Gasteiger partial charge is 0.320 e. The highest BCUT2D eigenvalue weighted by molar-refractivity contribution is 5.72. The molecule has 0 aliphatic carbocycles. The van der Waals surface area contributed by atoms with Crippen LogP contribution < -0.4 is 22.3 Å². The molecule has 0 aliphatic rings. The van der Waals surface area contributed by atoms with Crippen LogP contribution in [-0.4, -0.2) is 33.2 Å². The van der Waals surface area contributed by atoms with Crippen LogP contribution in [0.3, 0.4) is 0 Å². The van der Waals surface area contributed by atoms with Crippen LogP contribution in [0.2, 0.25) is 0 Å². The van der Waals surface area contributed by atoms with Crippen LogP contribution in [-0.2, 0) is 11.8 Å². The van der Waals surface area contributed by atoms with Gasteiger partial charge < -0.3 is 21.9 Å².